The summed E-state index contributed by atoms with van der Waals surface area (Å²) in [5.41, 5.74) is 0. The molecule has 0 aliphatic rings. The SMILES string of the molecule is CCCCCCCCCCCCCCCCCCCC(CC(C)O)S(=O)C(CCCCCCCCCCCCCCCCCCC)CC(C)O. The van der Waals surface area contributed by atoms with Crippen LogP contribution < -0.4 is 0 Å². The van der Waals surface area contributed by atoms with Crippen molar-refractivity contribution in [2.75, 3.05) is 0 Å². The quantitative estimate of drug-likeness (QED) is 0.0616. The first-order valence-corrected chi connectivity index (χ1v) is 24.4. The number of unbranched alkanes of at least 4 members (excludes halogenated alkanes) is 32. The van der Waals surface area contributed by atoms with Gasteiger partial charge in [0.15, 0.2) is 0 Å². The van der Waals surface area contributed by atoms with Crippen LogP contribution in [-0.2, 0) is 10.8 Å². The van der Waals surface area contributed by atoms with Crippen LogP contribution in [0.5, 0.6) is 0 Å². The van der Waals surface area contributed by atoms with E-state index in [4.69, 9.17) is 0 Å². The van der Waals surface area contributed by atoms with Gasteiger partial charge >= 0.3 is 0 Å². The van der Waals surface area contributed by atoms with Crippen LogP contribution in [0.1, 0.15) is 272 Å². The molecular formula is C46H94O3S. The topological polar surface area (TPSA) is 57.5 Å². The maximum Gasteiger partial charge on any atom is 0.0523 e. The molecule has 0 rings (SSSR count). The predicted octanol–water partition coefficient (Wildman–Crippen LogP) is 15.1. The molecule has 0 amide bonds. The largest absolute Gasteiger partial charge is 0.393 e. The van der Waals surface area contributed by atoms with Gasteiger partial charge in [0.2, 0.25) is 0 Å². The highest BCUT2D eigenvalue weighted by atomic mass is 32.2. The van der Waals surface area contributed by atoms with Gasteiger partial charge in [-0.05, 0) is 39.5 Å². The van der Waals surface area contributed by atoms with Crippen molar-refractivity contribution < 1.29 is 14.4 Å². The molecule has 0 aromatic rings. The van der Waals surface area contributed by atoms with Gasteiger partial charge in [-0.3, -0.25) is 4.21 Å². The summed E-state index contributed by atoms with van der Waals surface area (Å²) in [6, 6.07) is 0. The van der Waals surface area contributed by atoms with Crippen molar-refractivity contribution in [3.05, 3.63) is 0 Å². The highest BCUT2D eigenvalue weighted by Crippen LogP contribution is 2.25. The van der Waals surface area contributed by atoms with Gasteiger partial charge in [0.1, 0.15) is 0 Å². The third-order valence-corrected chi connectivity index (χ3v) is 13.3. The maximum absolute atomic E-state index is 13.8. The molecule has 0 aliphatic heterocycles. The Morgan fingerprint density at radius 3 is 0.700 bits per heavy atom. The second kappa shape index (κ2) is 40.3. The third-order valence-electron chi connectivity index (χ3n) is 11.1. The first kappa shape index (κ1) is 50.1. The first-order chi connectivity index (χ1) is 24.4. The molecule has 3 nitrogen and oxygen atoms in total. The van der Waals surface area contributed by atoms with Crippen molar-refractivity contribution >= 4 is 10.8 Å². The maximum atomic E-state index is 13.8. The van der Waals surface area contributed by atoms with Crippen LogP contribution in [0.15, 0.2) is 0 Å². The van der Waals surface area contributed by atoms with Crippen molar-refractivity contribution in [1.82, 2.24) is 0 Å². The third kappa shape index (κ3) is 36.4. The van der Waals surface area contributed by atoms with Gasteiger partial charge in [0.05, 0.1) is 12.2 Å². The van der Waals surface area contributed by atoms with Gasteiger partial charge < -0.3 is 10.2 Å². The van der Waals surface area contributed by atoms with E-state index >= 15 is 0 Å². The van der Waals surface area contributed by atoms with E-state index in [9.17, 15) is 14.4 Å². The van der Waals surface area contributed by atoms with E-state index in [1.807, 2.05) is 13.8 Å². The lowest BCUT2D eigenvalue weighted by Gasteiger charge is -2.25. The standard InChI is InChI=1S/C46H94O3S/c1-5-7-9-11-13-15-17-19-21-23-25-27-29-31-33-35-37-39-45(41-43(3)47)50(49)46(42-44(4)48)40-38-36-34-32-30-28-26-24-22-20-18-16-14-12-10-8-6-2/h43-48H,5-42H2,1-4H3. The van der Waals surface area contributed by atoms with Crippen molar-refractivity contribution in [1.29, 1.82) is 0 Å². The molecule has 0 saturated carbocycles. The number of aliphatic hydroxyl groups is 2. The Morgan fingerprint density at radius 1 is 0.340 bits per heavy atom. The summed E-state index contributed by atoms with van der Waals surface area (Å²) < 4.78 is 13.8. The molecule has 0 spiro atoms. The Bertz CT molecular complexity index is 612. The molecule has 4 heteroatoms. The molecule has 0 aromatic carbocycles. The van der Waals surface area contributed by atoms with E-state index < -0.39 is 23.0 Å². The average molecular weight is 727 g/mol. The zero-order valence-corrected chi connectivity index (χ0v) is 35.7. The minimum atomic E-state index is -0.994. The van der Waals surface area contributed by atoms with Gasteiger partial charge in [-0.2, -0.15) is 0 Å². The fourth-order valence-electron chi connectivity index (χ4n) is 7.88. The summed E-state index contributed by atoms with van der Waals surface area (Å²) >= 11 is 0. The van der Waals surface area contributed by atoms with Crippen LogP contribution in [0.4, 0.5) is 0 Å². The summed E-state index contributed by atoms with van der Waals surface area (Å²) in [5.74, 6) is 0. The van der Waals surface area contributed by atoms with Crippen molar-refractivity contribution in [3.63, 3.8) is 0 Å². The second-order valence-electron chi connectivity index (χ2n) is 16.6. The molecule has 4 unspecified atom stereocenters. The lowest BCUT2D eigenvalue weighted by molar-refractivity contribution is 0.178. The molecule has 0 radical (unpaired) electrons. The zero-order valence-electron chi connectivity index (χ0n) is 34.9. The fourth-order valence-corrected chi connectivity index (χ4v) is 10.2. The van der Waals surface area contributed by atoms with Gasteiger partial charge in [0.25, 0.3) is 0 Å². The summed E-state index contributed by atoms with van der Waals surface area (Å²) in [4.78, 5) is 0. The van der Waals surface area contributed by atoms with Gasteiger partial charge in [-0.15, -0.1) is 0 Å². The number of aliphatic hydroxyl groups excluding tert-OH is 2. The normalized spacial score (nSPS) is 14.9. The second-order valence-corrected chi connectivity index (χ2v) is 18.6. The summed E-state index contributed by atoms with van der Waals surface area (Å²) in [6.07, 6.45) is 48.9. The smallest absolute Gasteiger partial charge is 0.0523 e. The van der Waals surface area contributed by atoms with Crippen molar-refractivity contribution in [3.8, 4) is 0 Å². The van der Waals surface area contributed by atoms with Crippen LogP contribution >= 0.6 is 0 Å². The molecular weight excluding hydrogens is 633 g/mol. The Labute approximate surface area is 318 Å². The Balaban J connectivity index is 4.01. The van der Waals surface area contributed by atoms with Gasteiger partial charge in [-0.25, -0.2) is 0 Å². The van der Waals surface area contributed by atoms with Crippen molar-refractivity contribution in [2.45, 2.75) is 294 Å². The number of hydrogen-bond donors (Lipinski definition) is 2. The first-order valence-electron chi connectivity index (χ1n) is 23.2. The lowest BCUT2D eigenvalue weighted by Crippen LogP contribution is -2.31. The molecule has 0 aliphatic carbocycles. The molecule has 302 valence electrons. The molecule has 2 N–H and O–H groups in total. The minimum Gasteiger partial charge on any atom is -0.393 e. The fraction of sp³-hybridized carbons (Fsp3) is 1.00. The number of hydrogen-bond acceptors (Lipinski definition) is 3. The minimum absolute atomic E-state index is 0.0564. The molecule has 4 atom stereocenters. The number of rotatable bonds is 42. The van der Waals surface area contributed by atoms with E-state index in [1.54, 1.807) is 0 Å². The van der Waals surface area contributed by atoms with E-state index in [0.29, 0.717) is 12.8 Å². The van der Waals surface area contributed by atoms with Crippen LogP contribution in [0.2, 0.25) is 0 Å². The highest BCUT2D eigenvalue weighted by molar-refractivity contribution is 7.86. The summed E-state index contributed by atoms with van der Waals surface area (Å²) in [7, 11) is -0.994. The predicted molar refractivity (Wildman–Crippen MR) is 226 cm³/mol. The van der Waals surface area contributed by atoms with Crippen LogP contribution in [-0.4, -0.2) is 37.1 Å². The molecule has 50 heavy (non-hydrogen) atoms. The van der Waals surface area contributed by atoms with Crippen LogP contribution in [0, 0.1) is 0 Å². The molecule has 0 aromatic heterocycles. The van der Waals surface area contributed by atoms with Crippen molar-refractivity contribution in [2.24, 2.45) is 0 Å². The Hall–Kier alpha value is 0.0700. The summed E-state index contributed by atoms with van der Waals surface area (Å²) in [5, 5.41) is 20.6. The Morgan fingerprint density at radius 2 is 0.520 bits per heavy atom. The zero-order chi connectivity index (χ0) is 36.8. The Kier molecular flexibility index (Phi) is 40.3. The summed E-state index contributed by atoms with van der Waals surface area (Å²) in [6.45, 7) is 8.28. The van der Waals surface area contributed by atoms with Crippen LogP contribution in [0.25, 0.3) is 0 Å². The van der Waals surface area contributed by atoms with E-state index in [-0.39, 0.29) is 10.5 Å². The van der Waals surface area contributed by atoms with Gasteiger partial charge in [0, 0.05) is 21.3 Å². The molecule has 0 saturated heterocycles. The molecule has 0 bridgehead atoms. The van der Waals surface area contributed by atoms with E-state index in [2.05, 4.69) is 13.8 Å². The lowest BCUT2D eigenvalue weighted by atomic mass is 10.0. The highest BCUT2D eigenvalue weighted by Gasteiger charge is 2.27. The average Bonchev–Trinajstić information content (AvgIpc) is 3.09. The van der Waals surface area contributed by atoms with E-state index in [0.717, 1.165) is 25.7 Å². The van der Waals surface area contributed by atoms with Crippen LogP contribution in [0.3, 0.4) is 0 Å². The molecule has 0 fully saturated rings. The van der Waals surface area contributed by atoms with E-state index in [1.165, 1.54) is 205 Å². The molecule has 0 heterocycles. The monoisotopic (exact) mass is 727 g/mol. The van der Waals surface area contributed by atoms with Gasteiger partial charge in [-0.1, -0.05) is 232 Å².